The molecule has 0 atom stereocenters. The molecule has 1 fully saturated rings. The van der Waals surface area contributed by atoms with Crippen molar-refractivity contribution in [3.05, 3.63) is 0 Å². The highest BCUT2D eigenvalue weighted by molar-refractivity contribution is 5.93. The van der Waals surface area contributed by atoms with Crippen LogP contribution >= 0.6 is 0 Å². The van der Waals surface area contributed by atoms with E-state index in [9.17, 15) is 0 Å². The van der Waals surface area contributed by atoms with Gasteiger partial charge in [-0.2, -0.15) is 4.99 Å². The Morgan fingerprint density at radius 1 is 1.17 bits per heavy atom. The van der Waals surface area contributed by atoms with Crippen molar-refractivity contribution in [2.75, 3.05) is 6.54 Å². The Kier molecular flexibility index (Phi) is 7.22. The number of hydrogen-bond acceptors (Lipinski definition) is 1. The first-order valence-electron chi connectivity index (χ1n) is 7.13. The van der Waals surface area contributed by atoms with Crippen molar-refractivity contribution in [2.45, 2.75) is 64.3 Å². The maximum Gasteiger partial charge on any atom is 0.221 e. The quantitative estimate of drug-likeness (QED) is 0.308. The molecule has 0 unspecified atom stereocenters. The van der Waals surface area contributed by atoms with Crippen LogP contribution in [0.25, 0.3) is 0 Å². The number of nitrogens with two attached hydrogens (primary N) is 2. The van der Waals surface area contributed by atoms with Crippen LogP contribution in [0.4, 0.5) is 0 Å². The van der Waals surface area contributed by atoms with E-state index >= 15 is 0 Å². The van der Waals surface area contributed by atoms with Gasteiger partial charge in [0.25, 0.3) is 0 Å². The van der Waals surface area contributed by atoms with Crippen LogP contribution < -0.4 is 16.8 Å². The van der Waals surface area contributed by atoms with Gasteiger partial charge < -0.3 is 16.8 Å². The van der Waals surface area contributed by atoms with Gasteiger partial charge in [0.1, 0.15) is 0 Å². The molecule has 0 heterocycles. The van der Waals surface area contributed by atoms with Crippen LogP contribution in [0.3, 0.4) is 0 Å². The second-order valence-electron chi connectivity index (χ2n) is 4.92. The predicted molar refractivity (Wildman–Crippen MR) is 77.6 cm³/mol. The van der Waals surface area contributed by atoms with Crippen molar-refractivity contribution in [1.82, 2.24) is 5.32 Å². The van der Waals surface area contributed by atoms with E-state index in [4.69, 9.17) is 11.5 Å². The molecule has 0 radical (unpaired) electrons. The topological polar surface area (TPSA) is 88.8 Å². The van der Waals surface area contributed by atoms with Crippen molar-refractivity contribution in [1.29, 1.82) is 0 Å². The number of rotatable bonds is 4. The molecule has 5 heteroatoms. The number of unbranched alkanes of at least 4 members (excludes halogenated alkanes) is 1. The summed E-state index contributed by atoms with van der Waals surface area (Å²) in [6, 6.07) is 0.375. The lowest BCUT2D eigenvalue weighted by molar-refractivity contribution is 0.581. The summed E-state index contributed by atoms with van der Waals surface area (Å²) in [6.45, 7) is 3.03. The summed E-state index contributed by atoms with van der Waals surface area (Å²) in [6.07, 6.45) is 9.73. The average Bonchev–Trinajstić information content (AvgIpc) is 2.57. The van der Waals surface area contributed by atoms with Gasteiger partial charge in [0.05, 0.1) is 6.04 Å². The molecule has 0 aromatic carbocycles. The molecule has 0 spiro atoms. The smallest absolute Gasteiger partial charge is 0.221 e. The largest absolute Gasteiger partial charge is 0.370 e. The minimum Gasteiger partial charge on any atom is -0.370 e. The van der Waals surface area contributed by atoms with Crippen LogP contribution in [0.15, 0.2) is 9.98 Å². The minimum absolute atomic E-state index is 0.0753. The zero-order valence-corrected chi connectivity index (χ0v) is 11.5. The van der Waals surface area contributed by atoms with E-state index in [1.807, 2.05) is 0 Å². The van der Waals surface area contributed by atoms with Gasteiger partial charge in [-0.3, -0.25) is 0 Å². The van der Waals surface area contributed by atoms with Crippen molar-refractivity contribution in [3.8, 4) is 0 Å². The predicted octanol–water partition coefficient (Wildman–Crippen LogP) is 1.73. The molecule has 0 aromatic heterocycles. The Bertz CT molecular complexity index is 273. The second-order valence-corrected chi connectivity index (χ2v) is 4.92. The molecule has 0 aromatic rings. The number of hydrogen-bond donors (Lipinski definition) is 3. The van der Waals surface area contributed by atoms with Crippen LogP contribution in [-0.4, -0.2) is 24.5 Å². The third-order valence-corrected chi connectivity index (χ3v) is 3.18. The average molecular weight is 253 g/mol. The van der Waals surface area contributed by atoms with Gasteiger partial charge in [0.15, 0.2) is 5.96 Å². The molecular formula is C13H27N5. The fourth-order valence-electron chi connectivity index (χ4n) is 2.17. The summed E-state index contributed by atoms with van der Waals surface area (Å²) in [7, 11) is 0. The Hall–Kier alpha value is -1.26. The molecule has 1 aliphatic carbocycles. The third kappa shape index (κ3) is 6.47. The highest BCUT2D eigenvalue weighted by Gasteiger charge is 2.12. The van der Waals surface area contributed by atoms with Crippen molar-refractivity contribution >= 4 is 11.9 Å². The van der Waals surface area contributed by atoms with Gasteiger partial charge in [-0.1, -0.05) is 39.0 Å². The fraction of sp³-hybridized carbons (Fsp3) is 0.846. The first-order chi connectivity index (χ1) is 8.72. The summed E-state index contributed by atoms with van der Waals surface area (Å²) >= 11 is 0. The molecule has 1 saturated carbocycles. The summed E-state index contributed by atoms with van der Waals surface area (Å²) in [4.78, 5) is 8.75. The first-order valence-corrected chi connectivity index (χ1v) is 7.13. The van der Waals surface area contributed by atoms with Crippen LogP contribution in [0.2, 0.25) is 0 Å². The van der Waals surface area contributed by atoms with E-state index in [1.165, 1.54) is 25.7 Å². The number of aliphatic imine (C=N–C) groups is 2. The maximum atomic E-state index is 5.44. The van der Waals surface area contributed by atoms with Crippen molar-refractivity contribution < 1.29 is 0 Å². The van der Waals surface area contributed by atoms with E-state index in [2.05, 4.69) is 22.2 Å². The molecule has 1 rings (SSSR count). The highest BCUT2D eigenvalue weighted by Crippen LogP contribution is 2.19. The Morgan fingerprint density at radius 2 is 1.83 bits per heavy atom. The normalized spacial score (nSPS) is 18.2. The summed E-state index contributed by atoms with van der Waals surface area (Å²) in [5.74, 6) is 0.682. The van der Waals surface area contributed by atoms with Gasteiger partial charge in [-0.05, 0) is 19.3 Å². The molecule has 5 N–H and O–H groups in total. The SMILES string of the molecule is CCCCNC(N=C(N)N)=NC1CCCCCC1. The van der Waals surface area contributed by atoms with Crippen molar-refractivity contribution in [2.24, 2.45) is 21.5 Å². The standard InChI is InChI=1S/C13H27N5/c1-2-3-10-16-13(18-12(14)15)17-11-8-6-4-5-7-9-11/h11H,2-10H2,1H3,(H5,14,15,16,17,18). The van der Waals surface area contributed by atoms with Gasteiger partial charge in [-0.15, -0.1) is 0 Å². The van der Waals surface area contributed by atoms with Gasteiger partial charge >= 0.3 is 0 Å². The summed E-state index contributed by atoms with van der Waals surface area (Å²) in [5, 5.41) is 3.22. The molecular weight excluding hydrogens is 226 g/mol. The lowest BCUT2D eigenvalue weighted by Crippen LogP contribution is -2.31. The molecule has 0 amide bonds. The number of guanidine groups is 2. The minimum atomic E-state index is 0.0753. The number of nitrogens with zero attached hydrogens (tertiary/aromatic N) is 2. The number of nitrogens with one attached hydrogen (secondary N) is 1. The van der Waals surface area contributed by atoms with Gasteiger partial charge in [0, 0.05) is 6.54 Å². The molecule has 0 bridgehead atoms. The molecule has 0 aliphatic heterocycles. The van der Waals surface area contributed by atoms with Crippen LogP contribution in [0, 0.1) is 0 Å². The van der Waals surface area contributed by atoms with Gasteiger partial charge in [0.2, 0.25) is 5.96 Å². The van der Waals surface area contributed by atoms with Crippen LogP contribution in [0.5, 0.6) is 0 Å². The van der Waals surface area contributed by atoms with E-state index in [-0.39, 0.29) is 5.96 Å². The fourth-order valence-corrected chi connectivity index (χ4v) is 2.17. The first kappa shape index (κ1) is 14.8. The third-order valence-electron chi connectivity index (χ3n) is 3.18. The lowest BCUT2D eigenvalue weighted by Gasteiger charge is -2.11. The monoisotopic (exact) mass is 253 g/mol. The van der Waals surface area contributed by atoms with E-state index < -0.39 is 0 Å². The van der Waals surface area contributed by atoms with Crippen LogP contribution in [0.1, 0.15) is 58.3 Å². The molecule has 104 valence electrons. The molecule has 5 nitrogen and oxygen atoms in total. The molecule has 18 heavy (non-hydrogen) atoms. The Labute approximate surface area is 110 Å². The zero-order valence-electron chi connectivity index (χ0n) is 11.5. The van der Waals surface area contributed by atoms with E-state index in [1.54, 1.807) is 0 Å². The van der Waals surface area contributed by atoms with E-state index in [0.717, 1.165) is 32.2 Å². The Morgan fingerprint density at radius 3 is 2.39 bits per heavy atom. The molecule has 0 saturated heterocycles. The maximum absolute atomic E-state index is 5.44. The summed E-state index contributed by atoms with van der Waals surface area (Å²) < 4.78 is 0. The highest BCUT2D eigenvalue weighted by atomic mass is 15.2. The summed E-state index contributed by atoms with van der Waals surface area (Å²) in [5.41, 5.74) is 10.9. The van der Waals surface area contributed by atoms with E-state index in [0.29, 0.717) is 12.0 Å². The van der Waals surface area contributed by atoms with Crippen LogP contribution in [-0.2, 0) is 0 Å². The van der Waals surface area contributed by atoms with Gasteiger partial charge in [-0.25, -0.2) is 4.99 Å². The molecule has 1 aliphatic rings. The second kappa shape index (κ2) is 8.78. The zero-order chi connectivity index (χ0) is 13.2. The Balaban J connectivity index is 2.58. The lowest BCUT2D eigenvalue weighted by atomic mass is 10.1. The van der Waals surface area contributed by atoms with Crippen molar-refractivity contribution in [3.63, 3.8) is 0 Å².